The summed E-state index contributed by atoms with van der Waals surface area (Å²) in [7, 11) is 3.84. The van der Waals surface area contributed by atoms with Gasteiger partial charge in [-0.1, -0.05) is 31.5 Å². The Kier molecular flexibility index (Phi) is 5.30. The van der Waals surface area contributed by atoms with E-state index >= 15 is 0 Å². The Bertz CT molecular complexity index is 450. The molecule has 1 aromatic rings. The van der Waals surface area contributed by atoms with Crippen molar-refractivity contribution in [1.29, 1.82) is 0 Å². The van der Waals surface area contributed by atoms with Crippen LogP contribution in [0.1, 0.15) is 31.9 Å². The van der Waals surface area contributed by atoms with Crippen LogP contribution in [-0.4, -0.2) is 38.2 Å². The summed E-state index contributed by atoms with van der Waals surface area (Å²) in [6, 6.07) is 7.12. The Morgan fingerprint density at radius 2 is 2.20 bits per heavy atom. The van der Waals surface area contributed by atoms with Crippen molar-refractivity contribution in [3.05, 3.63) is 28.8 Å². The van der Waals surface area contributed by atoms with Crippen molar-refractivity contribution in [2.45, 2.75) is 32.4 Å². The van der Waals surface area contributed by atoms with E-state index in [1.165, 1.54) is 12.0 Å². The Morgan fingerprint density at radius 1 is 1.45 bits per heavy atom. The second-order valence-electron chi connectivity index (χ2n) is 5.93. The summed E-state index contributed by atoms with van der Waals surface area (Å²) in [5, 5.41) is 4.26. The lowest BCUT2D eigenvalue weighted by Gasteiger charge is -2.27. The van der Waals surface area contributed by atoms with Gasteiger partial charge < -0.3 is 10.1 Å². The smallest absolute Gasteiger partial charge is 0.137 e. The number of hydrogen-bond acceptors (Lipinski definition) is 3. The maximum absolute atomic E-state index is 6.27. The quantitative estimate of drug-likeness (QED) is 0.902. The standard InChI is InChI=1S/C16H25ClN2O/c1-11(2)18-10-13-7-8-19(3)16(13)12-5-6-15(20-4)14(17)9-12/h5-6,9,11,13,16,18H,7-8,10H2,1-4H3. The fourth-order valence-electron chi connectivity index (χ4n) is 3.02. The Labute approximate surface area is 127 Å². The zero-order chi connectivity index (χ0) is 14.7. The molecule has 0 radical (unpaired) electrons. The molecule has 20 heavy (non-hydrogen) atoms. The molecule has 0 bridgehead atoms. The normalized spacial score (nSPS) is 23.5. The third-order valence-electron chi connectivity index (χ3n) is 4.08. The average Bonchev–Trinajstić information content (AvgIpc) is 2.77. The molecule has 1 N–H and O–H groups in total. The molecular formula is C16H25ClN2O. The number of halogens is 1. The number of ether oxygens (including phenoxy) is 1. The molecule has 2 unspecified atom stereocenters. The van der Waals surface area contributed by atoms with Crippen molar-refractivity contribution in [2.75, 3.05) is 27.2 Å². The van der Waals surface area contributed by atoms with E-state index < -0.39 is 0 Å². The molecule has 0 spiro atoms. The Morgan fingerprint density at radius 3 is 2.80 bits per heavy atom. The van der Waals surface area contributed by atoms with E-state index in [2.05, 4.69) is 43.2 Å². The first kappa shape index (κ1) is 15.6. The topological polar surface area (TPSA) is 24.5 Å². The number of nitrogens with zero attached hydrogens (tertiary/aromatic N) is 1. The van der Waals surface area contributed by atoms with Gasteiger partial charge in [-0.15, -0.1) is 0 Å². The number of hydrogen-bond donors (Lipinski definition) is 1. The second-order valence-corrected chi connectivity index (χ2v) is 6.34. The predicted molar refractivity (Wildman–Crippen MR) is 84.6 cm³/mol. The summed E-state index contributed by atoms with van der Waals surface area (Å²) in [5.74, 6) is 1.37. The first-order valence-electron chi connectivity index (χ1n) is 7.30. The van der Waals surface area contributed by atoms with E-state index in [0.29, 0.717) is 23.0 Å². The van der Waals surface area contributed by atoms with Crippen molar-refractivity contribution >= 4 is 11.6 Å². The van der Waals surface area contributed by atoms with Gasteiger partial charge in [0.1, 0.15) is 5.75 Å². The molecule has 1 aromatic carbocycles. The van der Waals surface area contributed by atoms with Crippen LogP contribution in [0.2, 0.25) is 5.02 Å². The molecule has 0 saturated carbocycles. The van der Waals surface area contributed by atoms with Gasteiger partial charge in [0.25, 0.3) is 0 Å². The van der Waals surface area contributed by atoms with Crippen molar-refractivity contribution in [3.63, 3.8) is 0 Å². The molecular weight excluding hydrogens is 272 g/mol. The molecule has 0 aromatic heterocycles. The van der Waals surface area contributed by atoms with E-state index in [9.17, 15) is 0 Å². The Hall–Kier alpha value is -0.770. The molecule has 4 heteroatoms. The lowest BCUT2D eigenvalue weighted by Crippen LogP contribution is -2.32. The van der Waals surface area contributed by atoms with Gasteiger partial charge in [0, 0.05) is 18.6 Å². The van der Waals surface area contributed by atoms with Gasteiger partial charge in [-0.2, -0.15) is 0 Å². The lowest BCUT2D eigenvalue weighted by molar-refractivity contribution is 0.269. The summed E-state index contributed by atoms with van der Waals surface area (Å²) < 4.78 is 5.24. The van der Waals surface area contributed by atoms with E-state index in [-0.39, 0.29) is 0 Å². The third kappa shape index (κ3) is 3.46. The van der Waals surface area contributed by atoms with Gasteiger partial charge in [-0.05, 0) is 43.6 Å². The summed E-state index contributed by atoms with van der Waals surface area (Å²) in [6.07, 6.45) is 1.23. The molecule has 1 aliphatic rings. The number of rotatable bonds is 5. The van der Waals surface area contributed by atoms with Crippen molar-refractivity contribution in [3.8, 4) is 5.75 Å². The highest BCUT2D eigenvalue weighted by Crippen LogP contribution is 2.38. The van der Waals surface area contributed by atoms with Gasteiger partial charge in [0.05, 0.1) is 12.1 Å². The molecule has 0 amide bonds. The lowest BCUT2D eigenvalue weighted by atomic mass is 9.93. The number of likely N-dealkylation sites (tertiary alicyclic amines) is 1. The maximum Gasteiger partial charge on any atom is 0.137 e. The monoisotopic (exact) mass is 296 g/mol. The van der Waals surface area contributed by atoms with E-state index in [4.69, 9.17) is 16.3 Å². The van der Waals surface area contributed by atoms with Gasteiger partial charge in [-0.3, -0.25) is 4.90 Å². The minimum Gasteiger partial charge on any atom is -0.495 e. The van der Waals surface area contributed by atoms with Crippen LogP contribution in [0.15, 0.2) is 18.2 Å². The maximum atomic E-state index is 6.27. The van der Waals surface area contributed by atoms with Crippen LogP contribution in [0.5, 0.6) is 5.75 Å². The van der Waals surface area contributed by atoms with Gasteiger partial charge in [0.2, 0.25) is 0 Å². The summed E-state index contributed by atoms with van der Waals surface area (Å²) in [5.41, 5.74) is 1.28. The molecule has 2 rings (SSSR count). The van der Waals surface area contributed by atoms with E-state index in [1.54, 1.807) is 7.11 Å². The second kappa shape index (κ2) is 6.79. The molecule has 0 aliphatic carbocycles. The minimum atomic E-state index is 0.435. The van der Waals surface area contributed by atoms with Crippen molar-refractivity contribution < 1.29 is 4.74 Å². The minimum absolute atomic E-state index is 0.435. The fraction of sp³-hybridized carbons (Fsp3) is 0.625. The summed E-state index contributed by atoms with van der Waals surface area (Å²) in [6.45, 7) is 6.57. The molecule has 1 heterocycles. The predicted octanol–water partition coefficient (Wildman–Crippen LogP) is 3.34. The average molecular weight is 297 g/mol. The van der Waals surface area contributed by atoms with Crippen molar-refractivity contribution in [2.24, 2.45) is 5.92 Å². The highest BCUT2D eigenvalue weighted by molar-refractivity contribution is 6.32. The highest BCUT2D eigenvalue weighted by Gasteiger charge is 2.33. The van der Waals surface area contributed by atoms with Crippen LogP contribution >= 0.6 is 11.6 Å². The first-order valence-corrected chi connectivity index (χ1v) is 7.67. The number of nitrogens with one attached hydrogen (secondary N) is 1. The van der Waals surface area contributed by atoms with Crippen LogP contribution in [0.3, 0.4) is 0 Å². The van der Waals surface area contributed by atoms with Crippen LogP contribution in [0.4, 0.5) is 0 Å². The highest BCUT2D eigenvalue weighted by atomic mass is 35.5. The molecule has 1 aliphatic heterocycles. The van der Waals surface area contributed by atoms with Crippen LogP contribution in [0, 0.1) is 5.92 Å². The van der Waals surface area contributed by atoms with E-state index in [1.807, 2.05) is 6.07 Å². The summed E-state index contributed by atoms with van der Waals surface area (Å²) >= 11 is 6.27. The SMILES string of the molecule is COc1ccc(C2C(CNC(C)C)CCN2C)cc1Cl. The molecule has 1 saturated heterocycles. The summed E-state index contributed by atoms with van der Waals surface area (Å²) in [4.78, 5) is 2.42. The Balaban J connectivity index is 2.17. The molecule has 3 nitrogen and oxygen atoms in total. The van der Waals surface area contributed by atoms with Gasteiger partial charge in [0.15, 0.2) is 0 Å². The van der Waals surface area contributed by atoms with Crippen LogP contribution in [0.25, 0.3) is 0 Å². The fourth-order valence-corrected chi connectivity index (χ4v) is 3.29. The molecule has 112 valence electrons. The largest absolute Gasteiger partial charge is 0.495 e. The zero-order valence-corrected chi connectivity index (χ0v) is 13.6. The van der Waals surface area contributed by atoms with Gasteiger partial charge >= 0.3 is 0 Å². The molecule has 2 atom stereocenters. The first-order chi connectivity index (χ1) is 9.52. The van der Waals surface area contributed by atoms with Crippen LogP contribution < -0.4 is 10.1 Å². The number of methoxy groups -OCH3 is 1. The zero-order valence-electron chi connectivity index (χ0n) is 12.8. The third-order valence-corrected chi connectivity index (χ3v) is 4.38. The number of benzene rings is 1. The van der Waals surface area contributed by atoms with E-state index in [0.717, 1.165) is 18.8 Å². The van der Waals surface area contributed by atoms with Crippen molar-refractivity contribution in [1.82, 2.24) is 10.2 Å². The van der Waals surface area contributed by atoms with Crippen LogP contribution in [-0.2, 0) is 0 Å². The van der Waals surface area contributed by atoms with Gasteiger partial charge in [-0.25, -0.2) is 0 Å². The molecule has 1 fully saturated rings.